The molecule has 0 saturated carbocycles. The van der Waals surface area contributed by atoms with Gasteiger partial charge in [0.25, 0.3) is 0 Å². The summed E-state index contributed by atoms with van der Waals surface area (Å²) >= 11 is 0. The maximum Gasteiger partial charge on any atom is 0.234 e. The highest BCUT2D eigenvalue weighted by Crippen LogP contribution is 2.38. The molecule has 6 nitrogen and oxygen atoms in total. The van der Waals surface area contributed by atoms with Gasteiger partial charge < -0.3 is 10.6 Å². The molecule has 1 fully saturated rings. The maximum atomic E-state index is 12.3. The van der Waals surface area contributed by atoms with E-state index in [0.717, 1.165) is 16.9 Å². The Morgan fingerprint density at radius 2 is 1.87 bits per heavy atom. The van der Waals surface area contributed by atoms with E-state index in [4.69, 9.17) is 0 Å². The van der Waals surface area contributed by atoms with Crippen LogP contribution in [-0.4, -0.2) is 23.9 Å². The second-order valence-electron chi connectivity index (χ2n) is 7.12. The number of anilines is 2. The van der Waals surface area contributed by atoms with Gasteiger partial charge in [0.1, 0.15) is 0 Å². The van der Waals surface area contributed by atoms with Crippen LogP contribution in [0.15, 0.2) is 18.2 Å². The van der Waals surface area contributed by atoms with Gasteiger partial charge in [-0.15, -0.1) is 0 Å². The van der Waals surface area contributed by atoms with Gasteiger partial charge in [-0.05, 0) is 51.5 Å². The van der Waals surface area contributed by atoms with E-state index in [9.17, 15) is 9.59 Å². The van der Waals surface area contributed by atoms with Crippen molar-refractivity contribution in [2.75, 3.05) is 10.6 Å². The molecule has 0 spiro atoms. The Hall–Kier alpha value is -1.92. The number of benzene rings is 1. The van der Waals surface area contributed by atoms with E-state index < -0.39 is 5.41 Å². The Morgan fingerprint density at radius 1 is 1.22 bits per heavy atom. The summed E-state index contributed by atoms with van der Waals surface area (Å²) in [5, 5.41) is 5.83. The smallest absolute Gasteiger partial charge is 0.234 e. The van der Waals surface area contributed by atoms with Crippen LogP contribution in [0.4, 0.5) is 11.4 Å². The fourth-order valence-electron chi connectivity index (χ4n) is 3.34. The van der Waals surface area contributed by atoms with Crippen LogP contribution < -0.4 is 21.5 Å². The normalized spacial score (nSPS) is 28.3. The fourth-order valence-corrected chi connectivity index (χ4v) is 3.34. The SMILES string of the molecule is CC1NNC(C)C1CC(=O)Nc1ccc2c(c1)C(C)(C)C(=O)N2. The number of nitrogens with one attached hydrogen (secondary N) is 4. The quantitative estimate of drug-likeness (QED) is 0.685. The average molecular weight is 316 g/mol. The predicted molar refractivity (Wildman–Crippen MR) is 90.0 cm³/mol. The van der Waals surface area contributed by atoms with Crippen LogP contribution in [0.3, 0.4) is 0 Å². The van der Waals surface area contributed by atoms with Crippen LogP contribution >= 0.6 is 0 Å². The van der Waals surface area contributed by atoms with Crippen molar-refractivity contribution in [3.63, 3.8) is 0 Å². The molecule has 2 aliphatic rings. The zero-order valence-corrected chi connectivity index (χ0v) is 14.0. The molecule has 4 N–H and O–H groups in total. The number of hydrogen-bond donors (Lipinski definition) is 4. The molecular weight excluding hydrogens is 292 g/mol. The van der Waals surface area contributed by atoms with Crippen LogP contribution in [-0.2, 0) is 15.0 Å². The van der Waals surface area contributed by atoms with Crippen molar-refractivity contribution in [2.45, 2.75) is 51.6 Å². The minimum absolute atomic E-state index is 0.00533. The molecular formula is C17H24N4O2. The van der Waals surface area contributed by atoms with E-state index in [-0.39, 0.29) is 29.8 Å². The summed E-state index contributed by atoms with van der Waals surface area (Å²) in [6.45, 7) is 7.92. The summed E-state index contributed by atoms with van der Waals surface area (Å²) in [5.41, 5.74) is 8.23. The summed E-state index contributed by atoms with van der Waals surface area (Å²) in [5.74, 6) is 0.236. The maximum absolute atomic E-state index is 12.3. The van der Waals surface area contributed by atoms with Crippen molar-refractivity contribution in [3.05, 3.63) is 23.8 Å². The van der Waals surface area contributed by atoms with Gasteiger partial charge in [-0.25, -0.2) is 0 Å². The van der Waals surface area contributed by atoms with Gasteiger partial charge in [-0.1, -0.05) is 0 Å². The third-order valence-corrected chi connectivity index (χ3v) is 5.04. The average Bonchev–Trinajstić information content (AvgIpc) is 2.91. The van der Waals surface area contributed by atoms with E-state index in [0.29, 0.717) is 6.42 Å². The van der Waals surface area contributed by atoms with Crippen molar-refractivity contribution in [2.24, 2.45) is 5.92 Å². The molecule has 1 aromatic carbocycles. The molecule has 6 heteroatoms. The zero-order valence-electron chi connectivity index (χ0n) is 14.0. The summed E-state index contributed by atoms with van der Waals surface area (Å²) in [6.07, 6.45) is 0.458. The van der Waals surface area contributed by atoms with E-state index in [1.807, 2.05) is 32.0 Å². The predicted octanol–water partition coefficient (Wildman–Crippen LogP) is 1.75. The lowest BCUT2D eigenvalue weighted by molar-refractivity contribution is -0.119. The Morgan fingerprint density at radius 3 is 2.52 bits per heavy atom. The van der Waals surface area contributed by atoms with Gasteiger partial charge in [-0.3, -0.25) is 20.4 Å². The molecule has 0 aromatic heterocycles. The van der Waals surface area contributed by atoms with Crippen molar-refractivity contribution >= 4 is 23.2 Å². The standard InChI is InChI=1S/C17H24N4O2/c1-9-12(10(2)21-20-9)8-15(22)18-11-5-6-14-13(7-11)17(3,4)16(23)19-14/h5-7,9-10,12,20-21H,8H2,1-4H3,(H,18,22)(H,19,23). The number of carbonyl (C=O) groups is 2. The number of hydrogen-bond acceptors (Lipinski definition) is 4. The lowest BCUT2D eigenvalue weighted by Crippen LogP contribution is -2.30. The summed E-state index contributed by atoms with van der Waals surface area (Å²) in [4.78, 5) is 24.3. The third-order valence-electron chi connectivity index (χ3n) is 5.04. The molecule has 23 heavy (non-hydrogen) atoms. The molecule has 2 atom stereocenters. The lowest BCUT2D eigenvalue weighted by atomic mass is 9.86. The molecule has 2 unspecified atom stereocenters. The molecule has 3 rings (SSSR count). The van der Waals surface area contributed by atoms with Crippen molar-refractivity contribution in [1.29, 1.82) is 0 Å². The third kappa shape index (κ3) is 2.84. The van der Waals surface area contributed by atoms with Crippen molar-refractivity contribution < 1.29 is 9.59 Å². The van der Waals surface area contributed by atoms with Gasteiger partial charge in [0, 0.05) is 35.8 Å². The zero-order chi connectivity index (χ0) is 16.8. The van der Waals surface area contributed by atoms with Gasteiger partial charge in [0.15, 0.2) is 0 Å². The van der Waals surface area contributed by atoms with Gasteiger partial charge >= 0.3 is 0 Å². The van der Waals surface area contributed by atoms with Gasteiger partial charge in [0.05, 0.1) is 5.41 Å². The molecule has 2 heterocycles. The van der Waals surface area contributed by atoms with Crippen molar-refractivity contribution in [1.82, 2.24) is 10.9 Å². The molecule has 1 saturated heterocycles. The highest BCUT2D eigenvalue weighted by molar-refractivity contribution is 6.06. The van der Waals surface area contributed by atoms with Crippen LogP contribution in [0.25, 0.3) is 0 Å². The van der Waals surface area contributed by atoms with E-state index >= 15 is 0 Å². The van der Waals surface area contributed by atoms with Crippen LogP contribution in [0.5, 0.6) is 0 Å². The van der Waals surface area contributed by atoms with Crippen LogP contribution in [0.1, 0.15) is 39.7 Å². The Balaban J connectivity index is 1.71. The molecule has 0 bridgehead atoms. The summed E-state index contributed by atoms with van der Waals surface area (Å²) < 4.78 is 0. The summed E-state index contributed by atoms with van der Waals surface area (Å²) in [6, 6.07) is 6.09. The highest BCUT2D eigenvalue weighted by atomic mass is 16.2. The van der Waals surface area contributed by atoms with Crippen molar-refractivity contribution in [3.8, 4) is 0 Å². The first kappa shape index (κ1) is 16.0. The van der Waals surface area contributed by atoms with Gasteiger partial charge in [-0.2, -0.15) is 0 Å². The number of carbonyl (C=O) groups excluding carboxylic acids is 2. The first-order valence-electron chi connectivity index (χ1n) is 8.06. The molecule has 0 aliphatic carbocycles. The number of hydrazine groups is 1. The Kier molecular flexibility index (Phi) is 3.90. The topological polar surface area (TPSA) is 82.3 Å². The lowest BCUT2D eigenvalue weighted by Gasteiger charge is -2.18. The largest absolute Gasteiger partial charge is 0.326 e. The highest BCUT2D eigenvalue weighted by Gasteiger charge is 2.38. The molecule has 1 aromatic rings. The van der Waals surface area contributed by atoms with Crippen LogP contribution in [0.2, 0.25) is 0 Å². The van der Waals surface area contributed by atoms with Gasteiger partial charge in [0.2, 0.25) is 11.8 Å². The first-order valence-corrected chi connectivity index (χ1v) is 8.06. The number of amides is 2. The summed E-state index contributed by atoms with van der Waals surface area (Å²) in [7, 11) is 0. The van der Waals surface area contributed by atoms with E-state index in [1.54, 1.807) is 0 Å². The van der Waals surface area contributed by atoms with E-state index in [2.05, 4.69) is 35.3 Å². The Bertz CT molecular complexity index is 646. The monoisotopic (exact) mass is 316 g/mol. The number of fused-ring (bicyclic) bond motifs is 1. The molecule has 124 valence electrons. The molecule has 0 radical (unpaired) electrons. The minimum atomic E-state index is -0.571. The second-order valence-corrected chi connectivity index (χ2v) is 7.12. The second kappa shape index (κ2) is 5.62. The molecule has 2 amide bonds. The Labute approximate surface area is 136 Å². The fraction of sp³-hybridized carbons (Fsp3) is 0.529. The minimum Gasteiger partial charge on any atom is -0.326 e. The molecule has 2 aliphatic heterocycles. The van der Waals surface area contributed by atoms with E-state index in [1.165, 1.54) is 0 Å². The van der Waals surface area contributed by atoms with Crippen LogP contribution in [0, 0.1) is 5.92 Å². The first-order chi connectivity index (χ1) is 10.8. The number of rotatable bonds is 3.